The summed E-state index contributed by atoms with van der Waals surface area (Å²) in [5.41, 5.74) is 0.681. The van der Waals surface area contributed by atoms with Gasteiger partial charge in [-0.1, -0.05) is 13.0 Å². The van der Waals surface area contributed by atoms with E-state index in [-0.39, 0.29) is 36.6 Å². The molecule has 1 rings (SSSR count). The Morgan fingerprint density at radius 1 is 1.30 bits per heavy atom. The fourth-order valence-corrected chi connectivity index (χ4v) is 1.70. The van der Waals surface area contributed by atoms with Crippen molar-refractivity contribution in [3.8, 4) is 11.5 Å². The SMILES string of the molecule is CCOc1cc(CNC(=O)NCC(C)CO)ccc1OC(F)F. The van der Waals surface area contributed by atoms with Crippen LogP contribution >= 0.6 is 0 Å². The fraction of sp³-hybridized carbons (Fsp3) is 0.533. The number of hydrogen-bond donors (Lipinski definition) is 3. The molecule has 0 aliphatic heterocycles. The Labute approximate surface area is 133 Å². The fourth-order valence-electron chi connectivity index (χ4n) is 1.70. The summed E-state index contributed by atoms with van der Waals surface area (Å²) in [4.78, 5) is 11.6. The highest BCUT2D eigenvalue weighted by Crippen LogP contribution is 2.29. The van der Waals surface area contributed by atoms with Crippen LogP contribution in [-0.4, -0.2) is 37.5 Å². The van der Waals surface area contributed by atoms with Gasteiger partial charge in [-0.25, -0.2) is 4.79 Å². The maximum atomic E-state index is 12.3. The van der Waals surface area contributed by atoms with Gasteiger partial charge in [-0.05, 0) is 30.5 Å². The van der Waals surface area contributed by atoms with Gasteiger partial charge >= 0.3 is 12.6 Å². The van der Waals surface area contributed by atoms with Gasteiger partial charge in [0.05, 0.1) is 6.61 Å². The molecule has 0 saturated carbocycles. The first-order valence-corrected chi connectivity index (χ1v) is 7.29. The molecule has 23 heavy (non-hydrogen) atoms. The number of alkyl halides is 2. The van der Waals surface area contributed by atoms with Gasteiger partial charge in [0.1, 0.15) is 0 Å². The average Bonchev–Trinajstić information content (AvgIpc) is 2.52. The van der Waals surface area contributed by atoms with Crippen LogP contribution in [0.5, 0.6) is 11.5 Å². The second-order valence-corrected chi connectivity index (χ2v) is 4.94. The standard InChI is InChI=1S/C15H22F2N2O4/c1-3-22-13-6-11(4-5-12(13)23-14(16)17)8-19-15(21)18-7-10(2)9-20/h4-6,10,14,20H,3,7-9H2,1-2H3,(H2,18,19,21). The van der Waals surface area contributed by atoms with E-state index in [1.165, 1.54) is 12.1 Å². The van der Waals surface area contributed by atoms with E-state index in [2.05, 4.69) is 15.4 Å². The highest BCUT2D eigenvalue weighted by molar-refractivity contribution is 5.73. The lowest BCUT2D eigenvalue weighted by Crippen LogP contribution is -2.38. The summed E-state index contributed by atoms with van der Waals surface area (Å²) in [6, 6.07) is 4.10. The van der Waals surface area contributed by atoms with Gasteiger partial charge in [0.25, 0.3) is 0 Å². The van der Waals surface area contributed by atoms with Crippen molar-refractivity contribution < 1.29 is 28.2 Å². The van der Waals surface area contributed by atoms with Gasteiger partial charge in [0, 0.05) is 19.7 Å². The average molecular weight is 332 g/mol. The van der Waals surface area contributed by atoms with Gasteiger partial charge in [0.2, 0.25) is 0 Å². The first kappa shape index (κ1) is 19.0. The highest BCUT2D eigenvalue weighted by atomic mass is 19.3. The van der Waals surface area contributed by atoms with Crippen molar-refractivity contribution in [3.05, 3.63) is 23.8 Å². The summed E-state index contributed by atoms with van der Waals surface area (Å²) in [5, 5.41) is 14.1. The molecule has 0 heterocycles. The van der Waals surface area contributed by atoms with Crippen LogP contribution in [0.25, 0.3) is 0 Å². The van der Waals surface area contributed by atoms with E-state index < -0.39 is 6.61 Å². The number of carbonyl (C=O) groups is 1. The molecule has 1 aromatic carbocycles. The topological polar surface area (TPSA) is 79.8 Å². The van der Waals surface area contributed by atoms with Crippen molar-refractivity contribution in [1.29, 1.82) is 0 Å². The normalized spacial score (nSPS) is 11.9. The molecule has 0 spiro atoms. The number of carbonyl (C=O) groups excluding carboxylic acids is 1. The molecule has 130 valence electrons. The van der Waals surface area contributed by atoms with Gasteiger partial charge in [-0.15, -0.1) is 0 Å². The molecular weight excluding hydrogens is 310 g/mol. The molecule has 3 N–H and O–H groups in total. The summed E-state index contributed by atoms with van der Waals surface area (Å²) in [7, 11) is 0. The molecule has 1 aromatic rings. The van der Waals surface area contributed by atoms with Crippen LogP contribution < -0.4 is 20.1 Å². The molecule has 1 atom stereocenters. The molecule has 0 fully saturated rings. The molecule has 0 bridgehead atoms. The summed E-state index contributed by atoms with van der Waals surface area (Å²) in [6.45, 7) is 1.45. The molecule has 8 heteroatoms. The van der Waals surface area contributed by atoms with E-state index >= 15 is 0 Å². The lowest BCUT2D eigenvalue weighted by Gasteiger charge is -2.14. The smallest absolute Gasteiger partial charge is 0.387 e. The van der Waals surface area contributed by atoms with Crippen LogP contribution in [0.2, 0.25) is 0 Å². The van der Waals surface area contributed by atoms with Crippen LogP contribution in [0.3, 0.4) is 0 Å². The number of aliphatic hydroxyl groups is 1. The third-order valence-electron chi connectivity index (χ3n) is 2.90. The second kappa shape index (κ2) is 9.83. The van der Waals surface area contributed by atoms with Crippen molar-refractivity contribution in [2.24, 2.45) is 5.92 Å². The molecule has 0 aliphatic carbocycles. The number of urea groups is 1. The monoisotopic (exact) mass is 332 g/mol. The van der Waals surface area contributed by atoms with Gasteiger partial charge < -0.3 is 25.2 Å². The Hall–Kier alpha value is -2.09. The van der Waals surface area contributed by atoms with Crippen LogP contribution in [0, 0.1) is 5.92 Å². The number of benzene rings is 1. The minimum Gasteiger partial charge on any atom is -0.490 e. The number of aliphatic hydroxyl groups excluding tert-OH is 1. The number of hydrogen-bond acceptors (Lipinski definition) is 4. The van der Waals surface area contributed by atoms with E-state index in [1.54, 1.807) is 19.9 Å². The molecule has 0 radical (unpaired) electrons. The highest BCUT2D eigenvalue weighted by Gasteiger charge is 2.12. The molecule has 6 nitrogen and oxygen atoms in total. The van der Waals surface area contributed by atoms with Crippen LogP contribution in [-0.2, 0) is 6.54 Å². The minimum absolute atomic E-state index is 0.0103. The second-order valence-electron chi connectivity index (χ2n) is 4.94. The zero-order chi connectivity index (χ0) is 17.2. The predicted molar refractivity (Wildman–Crippen MR) is 80.7 cm³/mol. The Balaban J connectivity index is 2.59. The Morgan fingerprint density at radius 3 is 2.65 bits per heavy atom. The number of amides is 2. The van der Waals surface area contributed by atoms with Crippen LogP contribution in [0.4, 0.5) is 13.6 Å². The maximum absolute atomic E-state index is 12.3. The van der Waals surface area contributed by atoms with Crippen molar-refractivity contribution in [2.45, 2.75) is 27.0 Å². The molecule has 2 amide bonds. The van der Waals surface area contributed by atoms with E-state index in [4.69, 9.17) is 9.84 Å². The molecule has 0 saturated heterocycles. The zero-order valence-electron chi connectivity index (χ0n) is 13.1. The third kappa shape index (κ3) is 7.14. The summed E-state index contributed by atoms with van der Waals surface area (Å²) in [6.07, 6.45) is 0. The van der Waals surface area contributed by atoms with Crippen molar-refractivity contribution >= 4 is 6.03 Å². The summed E-state index contributed by atoms with van der Waals surface area (Å²) in [5.74, 6) is 0.115. The van der Waals surface area contributed by atoms with Crippen molar-refractivity contribution in [2.75, 3.05) is 19.8 Å². The number of halogens is 2. The van der Waals surface area contributed by atoms with E-state index in [1.807, 2.05) is 0 Å². The first-order chi connectivity index (χ1) is 11.0. The predicted octanol–water partition coefficient (Wildman–Crippen LogP) is 2.11. The summed E-state index contributed by atoms with van der Waals surface area (Å²) >= 11 is 0. The quantitative estimate of drug-likeness (QED) is 0.647. The van der Waals surface area contributed by atoms with Gasteiger partial charge in [-0.3, -0.25) is 0 Å². The Morgan fingerprint density at radius 2 is 2.04 bits per heavy atom. The lowest BCUT2D eigenvalue weighted by molar-refractivity contribution is -0.0514. The van der Waals surface area contributed by atoms with Crippen LogP contribution in [0.15, 0.2) is 18.2 Å². The third-order valence-corrected chi connectivity index (χ3v) is 2.90. The molecule has 0 aliphatic rings. The van der Waals surface area contributed by atoms with Crippen LogP contribution in [0.1, 0.15) is 19.4 Å². The first-order valence-electron chi connectivity index (χ1n) is 7.29. The molecule has 1 unspecified atom stereocenters. The van der Waals surface area contributed by atoms with Crippen molar-refractivity contribution in [3.63, 3.8) is 0 Å². The minimum atomic E-state index is -2.93. The molecule has 0 aromatic heterocycles. The lowest BCUT2D eigenvalue weighted by atomic mass is 10.2. The van der Waals surface area contributed by atoms with Gasteiger partial charge in [0.15, 0.2) is 11.5 Å². The number of ether oxygens (including phenoxy) is 2. The Bertz CT molecular complexity index is 500. The van der Waals surface area contributed by atoms with Crippen molar-refractivity contribution in [1.82, 2.24) is 10.6 Å². The van der Waals surface area contributed by atoms with E-state index in [9.17, 15) is 13.6 Å². The van der Waals surface area contributed by atoms with Gasteiger partial charge in [-0.2, -0.15) is 8.78 Å². The largest absolute Gasteiger partial charge is 0.490 e. The van der Waals surface area contributed by atoms with E-state index in [0.29, 0.717) is 18.7 Å². The number of nitrogens with one attached hydrogen (secondary N) is 2. The van der Waals surface area contributed by atoms with E-state index in [0.717, 1.165) is 0 Å². The zero-order valence-corrected chi connectivity index (χ0v) is 13.1. The summed E-state index contributed by atoms with van der Waals surface area (Å²) < 4.78 is 34.3. The Kier molecular flexibility index (Phi) is 8.10. The number of rotatable bonds is 9. The molecular formula is C15H22F2N2O4. The maximum Gasteiger partial charge on any atom is 0.387 e.